The normalized spacial score (nSPS) is 12.3. The number of methoxy groups -OCH3 is 1. The quantitative estimate of drug-likeness (QED) is 0.208. The van der Waals surface area contributed by atoms with Crippen LogP contribution in [0.1, 0.15) is 130 Å². The molecule has 0 aliphatic heterocycles. The van der Waals surface area contributed by atoms with Gasteiger partial charge in [-0.25, -0.2) is 0 Å². The largest absolute Gasteiger partial charge is 0.400 e. The predicted octanol–water partition coefficient (Wildman–Crippen LogP) is 8.87. The van der Waals surface area contributed by atoms with Crippen LogP contribution < -0.4 is 0 Å². The number of aliphatic hydroxyl groups excluding tert-OH is 2. The Morgan fingerprint density at radius 3 is 1.67 bits per heavy atom. The van der Waals surface area contributed by atoms with Gasteiger partial charge in [-0.2, -0.15) is 0 Å². The van der Waals surface area contributed by atoms with Gasteiger partial charge in [-0.15, -0.1) is 0 Å². The maximum atomic E-state index is 13.8. The molecule has 0 aliphatic rings. The van der Waals surface area contributed by atoms with Crippen molar-refractivity contribution in [2.45, 2.75) is 130 Å². The fraction of sp³-hybridized carbons (Fsp3) is 0.912. The second-order valence-electron chi connectivity index (χ2n) is 12.3. The van der Waals surface area contributed by atoms with E-state index < -0.39 is 0 Å². The van der Waals surface area contributed by atoms with Gasteiger partial charge in [0.2, 0.25) is 5.91 Å². The van der Waals surface area contributed by atoms with Crippen molar-refractivity contribution in [3.05, 3.63) is 12.2 Å². The third kappa shape index (κ3) is 22.5. The number of hydrogen-bond acceptors (Lipinski definition) is 4. The third-order valence-corrected chi connectivity index (χ3v) is 7.31. The highest BCUT2D eigenvalue weighted by molar-refractivity contribution is 5.80. The molecule has 0 saturated carbocycles. The van der Waals surface area contributed by atoms with Crippen molar-refractivity contribution in [2.24, 2.45) is 34.0 Å². The lowest BCUT2D eigenvalue weighted by molar-refractivity contribution is -0.146. The van der Waals surface area contributed by atoms with E-state index in [0.717, 1.165) is 32.9 Å². The smallest absolute Gasteiger partial charge is 0.226 e. The van der Waals surface area contributed by atoms with Crippen molar-refractivity contribution in [3.8, 4) is 0 Å². The Morgan fingerprint density at radius 2 is 1.38 bits per heavy atom. The Morgan fingerprint density at radius 1 is 0.923 bits per heavy atom. The lowest BCUT2D eigenvalue weighted by atomic mass is 9.57. The first-order valence-corrected chi connectivity index (χ1v) is 15.5. The molecule has 240 valence electrons. The Balaban J connectivity index is -0.000000272. The van der Waals surface area contributed by atoms with Crippen LogP contribution in [0.25, 0.3) is 0 Å². The molecule has 1 amide bonds. The molecule has 5 heteroatoms. The SMILES string of the molecule is C/C=C/C(C)(C)CC(C(=O)N(CCOC)CC(C)C)C(C)(C)C(C)(C)CC.CC.CC.CC(C)CCO.CO. The van der Waals surface area contributed by atoms with Crippen LogP contribution in [0.2, 0.25) is 0 Å². The van der Waals surface area contributed by atoms with Gasteiger partial charge < -0.3 is 19.8 Å². The number of aliphatic hydroxyl groups is 2. The molecule has 0 aromatic rings. The molecule has 2 N–H and O–H groups in total. The van der Waals surface area contributed by atoms with Gasteiger partial charge in [-0.05, 0) is 47.8 Å². The Bertz CT molecular complexity index is 551. The molecule has 1 atom stereocenters. The minimum absolute atomic E-state index is 0.0130. The summed E-state index contributed by atoms with van der Waals surface area (Å²) < 4.78 is 5.29. The number of carbonyl (C=O) groups excluding carboxylic acids is 1. The number of rotatable bonds is 14. The fourth-order valence-electron chi connectivity index (χ4n) is 4.04. The molecular weight excluding hydrogens is 486 g/mol. The van der Waals surface area contributed by atoms with Crippen LogP contribution in [-0.4, -0.2) is 61.5 Å². The van der Waals surface area contributed by atoms with Crippen molar-refractivity contribution >= 4 is 5.91 Å². The molecule has 0 aliphatic carbocycles. The van der Waals surface area contributed by atoms with E-state index in [4.69, 9.17) is 14.9 Å². The van der Waals surface area contributed by atoms with Crippen LogP contribution in [0.5, 0.6) is 0 Å². The average Bonchev–Trinajstić information content (AvgIpc) is 2.88. The first kappa shape index (κ1) is 47.9. The van der Waals surface area contributed by atoms with E-state index in [2.05, 4.69) is 95.2 Å². The summed E-state index contributed by atoms with van der Waals surface area (Å²) in [5, 5.41) is 15.2. The predicted molar refractivity (Wildman–Crippen MR) is 175 cm³/mol. The average molecular weight is 562 g/mol. The van der Waals surface area contributed by atoms with Crippen LogP contribution in [0.4, 0.5) is 0 Å². The number of amides is 1. The fourth-order valence-corrected chi connectivity index (χ4v) is 4.04. The Hall–Kier alpha value is -0.910. The molecule has 0 rings (SSSR count). The van der Waals surface area contributed by atoms with E-state index in [1.807, 2.05) is 32.6 Å². The van der Waals surface area contributed by atoms with E-state index in [9.17, 15) is 4.79 Å². The zero-order valence-electron chi connectivity index (χ0n) is 30.0. The second-order valence-corrected chi connectivity index (χ2v) is 12.3. The molecule has 0 heterocycles. The summed E-state index contributed by atoms with van der Waals surface area (Å²) in [7, 11) is 2.70. The molecule has 39 heavy (non-hydrogen) atoms. The molecule has 0 fully saturated rings. The molecule has 0 bridgehead atoms. The van der Waals surface area contributed by atoms with Crippen molar-refractivity contribution in [3.63, 3.8) is 0 Å². The summed E-state index contributed by atoms with van der Waals surface area (Å²) in [5.74, 6) is 1.34. The van der Waals surface area contributed by atoms with Gasteiger partial charge in [0.15, 0.2) is 0 Å². The summed E-state index contributed by atoms with van der Waals surface area (Å²) >= 11 is 0. The lowest BCUT2D eigenvalue weighted by Gasteiger charge is -2.49. The molecule has 1 unspecified atom stereocenters. The molecule has 0 saturated heterocycles. The molecular formula is C34H75NO4. The minimum Gasteiger partial charge on any atom is -0.400 e. The monoisotopic (exact) mass is 562 g/mol. The van der Waals surface area contributed by atoms with Crippen LogP contribution in [0.3, 0.4) is 0 Å². The lowest BCUT2D eigenvalue weighted by Crippen LogP contribution is -2.50. The molecule has 0 aromatic carbocycles. The first-order valence-electron chi connectivity index (χ1n) is 15.5. The number of nitrogens with zero attached hydrogens (tertiary/aromatic N) is 1. The summed E-state index contributed by atoms with van der Waals surface area (Å²) in [5.41, 5.74) is -0.0506. The summed E-state index contributed by atoms with van der Waals surface area (Å²) in [6.07, 6.45) is 7.19. The molecule has 0 radical (unpaired) electrons. The summed E-state index contributed by atoms with van der Waals surface area (Å²) in [6, 6.07) is 0. The van der Waals surface area contributed by atoms with Crippen molar-refractivity contribution in [2.75, 3.05) is 40.5 Å². The maximum Gasteiger partial charge on any atom is 0.226 e. The van der Waals surface area contributed by atoms with Gasteiger partial charge in [0.1, 0.15) is 0 Å². The van der Waals surface area contributed by atoms with Crippen LogP contribution in [-0.2, 0) is 9.53 Å². The minimum atomic E-state index is -0.111. The molecule has 0 spiro atoms. The first-order chi connectivity index (χ1) is 18.0. The van der Waals surface area contributed by atoms with E-state index in [1.54, 1.807) is 7.11 Å². The highest BCUT2D eigenvalue weighted by atomic mass is 16.5. The van der Waals surface area contributed by atoms with Crippen molar-refractivity contribution < 1.29 is 19.7 Å². The zero-order chi connectivity index (χ0) is 32.5. The highest BCUT2D eigenvalue weighted by Gasteiger charge is 2.47. The van der Waals surface area contributed by atoms with Gasteiger partial charge in [0.05, 0.1) is 6.61 Å². The van der Waals surface area contributed by atoms with Gasteiger partial charge in [0.25, 0.3) is 0 Å². The van der Waals surface area contributed by atoms with Gasteiger partial charge in [-0.3, -0.25) is 4.79 Å². The Kier molecular flexibility index (Phi) is 33.5. The van der Waals surface area contributed by atoms with E-state index in [0.29, 0.717) is 31.6 Å². The standard InChI is InChI=1S/C24H47NO2.C5H12O.2C2H6.CH4O/c1-12-14-22(5,6)17-20(24(9,10)23(7,8)13-2)21(26)25(15-16-27-11)18-19(3)4;1-5(2)3-4-6;3*1-2/h12,14,19-20H,13,15-18H2,1-11H3;5-6H,3-4H2,1-2H3;2*1-2H3;2H,1H3/b14-12+;;;;. The number of ether oxygens (including phenoxy) is 1. The number of hydrogen-bond donors (Lipinski definition) is 2. The summed E-state index contributed by atoms with van der Waals surface area (Å²) in [6.45, 7) is 36.8. The third-order valence-electron chi connectivity index (χ3n) is 7.31. The summed E-state index contributed by atoms with van der Waals surface area (Å²) in [4.78, 5) is 15.9. The van der Waals surface area contributed by atoms with E-state index in [1.165, 1.54) is 0 Å². The molecule has 0 aromatic heterocycles. The van der Waals surface area contributed by atoms with E-state index in [-0.39, 0.29) is 28.1 Å². The number of allylic oxidation sites excluding steroid dienone is 2. The van der Waals surface area contributed by atoms with Crippen LogP contribution in [0, 0.1) is 34.0 Å². The zero-order valence-corrected chi connectivity index (χ0v) is 30.0. The van der Waals surface area contributed by atoms with Crippen LogP contribution >= 0.6 is 0 Å². The topological polar surface area (TPSA) is 70.0 Å². The van der Waals surface area contributed by atoms with Gasteiger partial charge in [-0.1, -0.05) is 122 Å². The second kappa shape index (κ2) is 27.3. The maximum absolute atomic E-state index is 13.8. The van der Waals surface area contributed by atoms with Gasteiger partial charge in [0, 0.05) is 39.8 Å². The number of carbonyl (C=O) groups is 1. The highest BCUT2D eigenvalue weighted by Crippen LogP contribution is 2.50. The van der Waals surface area contributed by atoms with Crippen LogP contribution in [0.15, 0.2) is 12.2 Å². The van der Waals surface area contributed by atoms with Crippen molar-refractivity contribution in [1.29, 1.82) is 0 Å². The van der Waals surface area contributed by atoms with E-state index >= 15 is 0 Å². The van der Waals surface area contributed by atoms with Crippen molar-refractivity contribution in [1.82, 2.24) is 4.90 Å². The van der Waals surface area contributed by atoms with Gasteiger partial charge >= 0.3 is 0 Å². The molecule has 5 nitrogen and oxygen atoms in total. The Labute approximate surface area is 247 Å².